The molecule has 1 aliphatic heterocycles. The highest BCUT2D eigenvalue weighted by molar-refractivity contribution is 6.35. The summed E-state index contributed by atoms with van der Waals surface area (Å²) in [5.74, 6) is -0.925. The molecule has 0 N–H and O–H groups in total. The molecule has 31 heavy (non-hydrogen) atoms. The first kappa shape index (κ1) is 20.9. The van der Waals surface area contributed by atoms with Gasteiger partial charge in [0.05, 0.1) is 16.2 Å². The number of carbonyl (C=O) groups excluding carboxylic acids is 2. The third-order valence-corrected chi connectivity index (χ3v) is 5.27. The van der Waals surface area contributed by atoms with Gasteiger partial charge in [0.2, 0.25) is 0 Å². The van der Waals surface area contributed by atoms with Gasteiger partial charge in [0.25, 0.3) is 5.91 Å². The number of alkyl halides is 3. The Morgan fingerprint density at radius 3 is 2.48 bits per heavy atom. The molecule has 160 valence electrons. The van der Waals surface area contributed by atoms with Crippen molar-refractivity contribution in [2.45, 2.75) is 25.9 Å². The molecule has 4 rings (SSSR count). The molecule has 2 aromatic carbocycles. The molecule has 6 nitrogen and oxygen atoms in total. The van der Waals surface area contributed by atoms with E-state index in [2.05, 4.69) is 9.72 Å². The normalized spacial score (nSPS) is 17.0. The lowest BCUT2D eigenvalue weighted by Crippen LogP contribution is -2.33. The van der Waals surface area contributed by atoms with Gasteiger partial charge in [0, 0.05) is 18.1 Å². The summed E-state index contributed by atoms with van der Waals surface area (Å²) < 4.78 is 40.9. The summed E-state index contributed by atoms with van der Waals surface area (Å²) in [7, 11) is 0. The Kier molecular flexibility index (Phi) is 5.22. The number of nitrogens with zero attached hydrogens (tertiary/aromatic N) is 3. The maximum atomic E-state index is 13.0. The van der Waals surface area contributed by atoms with Crippen LogP contribution in [0.4, 0.5) is 23.7 Å². The van der Waals surface area contributed by atoms with Crippen molar-refractivity contribution in [2.75, 3.05) is 4.90 Å². The number of anilines is 1. The van der Waals surface area contributed by atoms with Crippen LogP contribution in [0.1, 0.15) is 12.5 Å². The fourth-order valence-electron chi connectivity index (χ4n) is 3.47. The van der Waals surface area contributed by atoms with Gasteiger partial charge in [-0.15, -0.1) is 13.2 Å². The maximum Gasteiger partial charge on any atom is 0.573 e. The lowest BCUT2D eigenvalue weighted by Gasteiger charge is -2.20. The van der Waals surface area contributed by atoms with Gasteiger partial charge in [-0.2, -0.15) is 0 Å². The number of amides is 3. The SMILES string of the molecule is CC1C(=O)N(c2ccc(OC(F)(F)F)cc2)C(=O)N1Cc1ccnc2c(Cl)cccc12. The van der Waals surface area contributed by atoms with Crippen LogP contribution in [0.15, 0.2) is 54.7 Å². The molecule has 1 unspecified atom stereocenters. The maximum absolute atomic E-state index is 13.0. The van der Waals surface area contributed by atoms with Gasteiger partial charge in [0.1, 0.15) is 11.8 Å². The second-order valence-electron chi connectivity index (χ2n) is 6.91. The number of imide groups is 1. The molecular formula is C21H15ClF3N3O3. The summed E-state index contributed by atoms with van der Waals surface area (Å²) in [6.07, 6.45) is -3.25. The molecule has 0 saturated carbocycles. The Labute approximate surface area is 179 Å². The molecule has 1 fully saturated rings. The average molecular weight is 450 g/mol. The van der Waals surface area contributed by atoms with E-state index in [4.69, 9.17) is 11.6 Å². The molecular weight excluding hydrogens is 435 g/mol. The van der Waals surface area contributed by atoms with Gasteiger partial charge in [-0.25, -0.2) is 9.69 Å². The van der Waals surface area contributed by atoms with Crippen molar-refractivity contribution in [1.82, 2.24) is 9.88 Å². The highest BCUT2D eigenvalue weighted by atomic mass is 35.5. The van der Waals surface area contributed by atoms with Crippen LogP contribution in [0.3, 0.4) is 0 Å². The predicted molar refractivity (Wildman–Crippen MR) is 108 cm³/mol. The number of fused-ring (bicyclic) bond motifs is 1. The third-order valence-electron chi connectivity index (χ3n) is 4.96. The summed E-state index contributed by atoms with van der Waals surface area (Å²) in [5.41, 5.74) is 1.50. The Bertz CT molecular complexity index is 1170. The molecule has 0 radical (unpaired) electrons. The standard InChI is InChI=1S/C21H15ClF3N3O3/c1-12-19(29)28(14-5-7-15(8-6-14)31-21(23,24)25)20(30)27(12)11-13-9-10-26-18-16(13)3-2-4-17(18)22/h2-10,12H,11H2,1H3. The molecule has 10 heteroatoms. The summed E-state index contributed by atoms with van der Waals surface area (Å²) in [5, 5.41) is 1.23. The van der Waals surface area contributed by atoms with Crippen LogP contribution in [0.2, 0.25) is 5.02 Å². The van der Waals surface area contributed by atoms with Crippen molar-refractivity contribution < 1.29 is 27.5 Å². The molecule has 1 aromatic heterocycles. The third kappa shape index (κ3) is 4.00. The topological polar surface area (TPSA) is 62.7 Å². The highest BCUT2D eigenvalue weighted by Crippen LogP contribution is 2.31. The van der Waals surface area contributed by atoms with E-state index in [0.717, 1.165) is 28.0 Å². The van der Waals surface area contributed by atoms with E-state index >= 15 is 0 Å². The zero-order valence-electron chi connectivity index (χ0n) is 16.1. The lowest BCUT2D eigenvalue weighted by molar-refractivity contribution is -0.274. The van der Waals surface area contributed by atoms with E-state index in [0.29, 0.717) is 10.5 Å². The molecule has 3 amide bonds. The Hall–Kier alpha value is -3.33. The molecule has 1 atom stereocenters. The Balaban J connectivity index is 1.61. The lowest BCUT2D eigenvalue weighted by atomic mass is 10.1. The number of para-hydroxylation sites is 1. The fraction of sp³-hybridized carbons (Fsp3) is 0.190. The van der Waals surface area contributed by atoms with Crippen molar-refractivity contribution >= 4 is 40.1 Å². The zero-order valence-corrected chi connectivity index (χ0v) is 16.8. The molecule has 0 spiro atoms. The Morgan fingerprint density at radius 2 is 1.81 bits per heavy atom. The number of pyridine rings is 1. The van der Waals surface area contributed by atoms with Crippen molar-refractivity contribution in [3.63, 3.8) is 0 Å². The van der Waals surface area contributed by atoms with E-state index in [9.17, 15) is 22.8 Å². The van der Waals surface area contributed by atoms with Gasteiger partial charge in [-0.05, 0) is 48.9 Å². The number of benzene rings is 2. The number of hydrogen-bond donors (Lipinski definition) is 0. The van der Waals surface area contributed by atoms with Crippen molar-refractivity contribution in [3.8, 4) is 5.75 Å². The van der Waals surface area contributed by atoms with Crippen LogP contribution in [-0.4, -0.2) is 34.2 Å². The molecule has 2 heterocycles. The van der Waals surface area contributed by atoms with E-state index in [1.807, 2.05) is 6.07 Å². The summed E-state index contributed by atoms with van der Waals surface area (Å²) in [6.45, 7) is 1.73. The van der Waals surface area contributed by atoms with Crippen molar-refractivity contribution in [1.29, 1.82) is 0 Å². The van der Waals surface area contributed by atoms with Crippen LogP contribution in [0.5, 0.6) is 5.75 Å². The van der Waals surface area contributed by atoms with E-state index in [-0.39, 0.29) is 12.2 Å². The van der Waals surface area contributed by atoms with Crippen LogP contribution < -0.4 is 9.64 Å². The van der Waals surface area contributed by atoms with Crippen LogP contribution in [0.25, 0.3) is 10.9 Å². The minimum Gasteiger partial charge on any atom is -0.406 e. The molecule has 0 bridgehead atoms. The molecule has 3 aromatic rings. The van der Waals surface area contributed by atoms with Gasteiger partial charge < -0.3 is 9.64 Å². The number of rotatable bonds is 4. The second kappa shape index (κ2) is 7.73. The minimum atomic E-state index is -4.83. The first-order valence-corrected chi connectivity index (χ1v) is 9.56. The number of carbonyl (C=O) groups is 2. The number of ether oxygens (including phenoxy) is 1. The summed E-state index contributed by atoms with van der Waals surface area (Å²) in [6, 6.07) is 10.3. The Morgan fingerprint density at radius 1 is 1.10 bits per heavy atom. The number of hydrogen-bond acceptors (Lipinski definition) is 4. The largest absolute Gasteiger partial charge is 0.573 e. The first-order valence-electron chi connectivity index (χ1n) is 9.18. The second-order valence-corrected chi connectivity index (χ2v) is 7.32. The predicted octanol–water partition coefficient (Wildman–Crippen LogP) is 5.14. The van der Waals surface area contributed by atoms with Crippen LogP contribution in [0, 0.1) is 0 Å². The number of halogens is 4. The van der Waals surface area contributed by atoms with Gasteiger partial charge in [0.15, 0.2) is 0 Å². The van der Waals surface area contributed by atoms with Crippen molar-refractivity contribution in [2.24, 2.45) is 0 Å². The number of aromatic nitrogens is 1. The minimum absolute atomic E-state index is 0.136. The average Bonchev–Trinajstić information content (AvgIpc) is 2.92. The van der Waals surface area contributed by atoms with Gasteiger partial charge in [-0.1, -0.05) is 23.7 Å². The summed E-state index contributed by atoms with van der Waals surface area (Å²) in [4.78, 5) is 32.4. The van der Waals surface area contributed by atoms with Gasteiger partial charge >= 0.3 is 12.4 Å². The van der Waals surface area contributed by atoms with Crippen LogP contribution in [-0.2, 0) is 11.3 Å². The quantitative estimate of drug-likeness (QED) is 0.517. The fourth-order valence-corrected chi connectivity index (χ4v) is 3.69. The monoisotopic (exact) mass is 449 g/mol. The van der Waals surface area contributed by atoms with E-state index < -0.39 is 30.1 Å². The smallest absolute Gasteiger partial charge is 0.406 e. The number of urea groups is 1. The molecule has 0 aliphatic carbocycles. The van der Waals surface area contributed by atoms with Gasteiger partial charge in [-0.3, -0.25) is 9.78 Å². The van der Waals surface area contributed by atoms with E-state index in [1.165, 1.54) is 17.0 Å². The summed E-state index contributed by atoms with van der Waals surface area (Å²) >= 11 is 6.20. The van der Waals surface area contributed by atoms with E-state index in [1.54, 1.807) is 31.3 Å². The highest BCUT2D eigenvalue weighted by Gasteiger charge is 2.43. The van der Waals surface area contributed by atoms with Crippen LogP contribution >= 0.6 is 11.6 Å². The zero-order chi connectivity index (χ0) is 22.3. The molecule has 1 saturated heterocycles. The van der Waals surface area contributed by atoms with Crippen molar-refractivity contribution in [3.05, 3.63) is 65.3 Å². The first-order chi connectivity index (χ1) is 14.7. The molecule has 1 aliphatic rings.